The maximum Gasteiger partial charge on any atom is 0.000226 e. The topological polar surface area (TPSA) is 12.0 Å². The maximum absolute atomic E-state index is 3.37. The fraction of sp³-hybridized carbons (Fsp3) is 1.00. The van der Waals surface area contributed by atoms with Gasteiger partial charge in [0.15, 0.2) is 0 Å². The average molecular weight is 211 g/mol. The molecule has 15 heavy (non-hydrogen) atoms. The Bertz CT molecular complexity index is 194. The highest BCUT2D eigenvalue weighted by atomic mass is 14.8. The van der Waals surface area contributed by atoms with Gasteiger partial charge in [0.1, 0.15) is 0 Å². The largest absolute Gasteiger partial charge is 0.319 e. The van der Waals surface area contributed by atoms with Gasteiger partial charge in [0.25, 0.3) is 0 Å². The van der Waals surface area contributed by atoms with Crippen molar-refractivity contribution in [3.63, 3.8) is 0 Å². The van der Waals surface area contributed by atoms with E-state index in [1.807, 2.05) is 0 Å². The van der Waals surface area contributed by atoms with Gasteiger partial charge in [-0.25, -0.2) is 0 Å². The summed E-state index contributed by atoms with van der Waals surface area (Å²) in [6, 6.07) is 0. The molecular formula is C14H29N. The molecule has 1 aliphatic rings. The van der Waals surface area contributed by atoms with Gasteiger partial charge in [0.05, 0.1) is 0 Å². The second-order valence-electron chi connectivity index (χ2n) is 6.48. The van der Waals surface area contributed by atoms with Crippen LogP contribution in [0.25, 0.3) is 0 Å². The summed E-state index contributed by atoms with van der Waals surface area (Å²) in [6.45, 7) is 10.9. The molecule has 1 N–H and O–H groups in total. The molecule has 1 fully saturated rings. The standard InChI is InChI=1S/C14H29N/c1-6-13(2,3)12-8-7-9-14(4,10-12)11-15-5/h12,15H,6-11H2,1-5H3/t12-,14?/m1/s1. The van der Waals surface area contributed by atoms with Crippen LogP contribution in [0, 0.1) is 16.7 Å². The first-order valence-electron chi connectivity index (χ1n) is 6.58. The van der Waals surface area contributed by atoms with E-state index in [-0.39, 0.29) is 0 Å². The van der Waals surface area contributed by atoms with Crippen LogP contribution in [0.15, 0.2) is 0 Å². The van der Waals surface area contributed by atoms with E-state index in [0.717, 1.165) is 5.92 Å². The minimum Gasteiger partial charge on any atom is -0.319 e. The molecule has 0 aromatic heterocycles. The Kier molecular flexibility index (Phi) is 4.22. The zero-order valence-corrected chi connectivity index (χ0v) is 11.3. The highest BCUT2D eigenvalue weighted by Crippen LogP contribution is 2.47. The number of nitrogens with one attached hydrogen (secondary N) is 1. The Morgan fingerprint density at radius 3 is 2.60 bits per heavy atom. The molecule has 0 spiro atoms. The highest BCUT2D eigenvalue weighted by molar-refractivity contribution is 4.89. The van der Waals surface area contributed by atoms with Crippen molar-refractivity contribution in [3.8, 4) is 0 Å². The zero-order chi connectivity index (χ0) is 11.5. The van der Waals surface area contributed by atoms with Gasteiger partial charge in [-0.2, -0.15) is 0 Å². The van der Waals surface area contributed by atoms with Gasteiger partial charge in [0.2, 0.25) is 0 Å². The molecule has 0 amide bonds. The second-order valence-corrected chi connectivity index (χ2v) is 6.48. The molecule has 1 saturated carbocycles. The Balaban J connectivity index is 2.63. The molecule has 1 aliphatic carbocycles. The molecule has 0 aromatic carbocycles. The molecule has 0 bridgehead atoms. The van der Waals surface area contributed by atoms with Crippen molar-refractivity contribution in [2.45, 2.75) is 59.8 Å². The van der Waals surface area contributed by atoms with Crippen LogP contribution in [-0.2, 0) is 0 Å². The van der Waals surface area contributed by atoms with Gasteiger partial charge in [-0.15, -0.1) is 0 Å². The maximum atomic E-state index is 3.37. The molecule has 0 radical (unpaired) electrons. The lowest BCUT2D eigenvalue weighted by molar-refractivity contribution is 0.0708. The quantitative estimate of drug-likeness (QED) is 0.745. The summed E-state index contributed by atoms with van der Waals surface area (Å²) in [6.07, 6.45) is 7.00. The third-order valence-electron chi connectivity index (χ3n) is 4.69. The monoisotopic (exact) mass is 211 g/mol. The van der Waals surface area contributed by atoms with Crippen molar-refractivity contribution < 1.29 is 0 Å². The lowest BCUT2D eigenvalue weighted by Crippen LogP contribution is -2.39. The Labute approximate surface area is 96.0 Å². The molecule has 1 nitrogen and oxygen atoms in total. The summed E-state index contributed by atoms with van der Waals surface area (Å²) >= 11 is 0. The van der Waals surface area contributed by atoms with Crippen molar-refractivity contribution in [3.05, 3.63) is 0 Å². The summed E-state index contributed by atoms with van der Waals surface area (Å²) in [7, 11) is 2.08. The first kappa shape index (κ1) is 13.0. The molecule has 1 heteroatoms. The van der Waals surface area contributed by atoms with Crippen LogP contribution in [0.3, 0.4) is 0 Å². The third-order valence-corrected chi connectivity index (χ3v) is 4.69. The summed E-state index contributed by atoms with van der Waals surface area (Å²) in [5.41, 5.74) is 1.08. The van der Waals surface area contributed by atoms with Crippen LogP contribution in [0.2, 0.25) is 0 Å². The van der Waals surface area contributed by atoms with Crippen molar-refractivity contribution in [1.82, 2.24) is 5.32 Å². The van der Waals surface area contributed by atoms with Crippen LogP contribution in [-0.4, -0.2) is 13.6 Å². The second kappa shape index (κ2) is 4.86. The van der Waals surface area contributed by atoms with Crippen LogP contribution in [0.5, 0.6) is 0 Å². The van der Waals surface area contributed by atoms with E-state index in [2.05, 4.69) is 40.1 Å². The minimum absolute atomic E-state index is 0.537. The van der Waals surface area contributed by atoms with Crippen molar-refractivity contribution in [1.29, 1.82) is 0 Å². The number of rotatable bonds is 4. The van der Waals surface area contributed by atoms with Gasteiger partial charge in [-0.1, -0.05) is 40.5 Å². The minimum atomic E-state index is 0.537. The van der Waals surface area contributed by atoms with Crippen LogP contribution in [0.4, 0.5) is 0 Å². The number of hydrogen-bond donors (Lipinski definition) is 1. The lowest BCUT2D eigenvalue weighted by atomic mass is 9.62. The summed E-state index contributed by atoms with van der Waals surface area (Å²) in [4.78, 5) is 0. The molecular weight excluding hydrogens is 182 g/mol. The smallest absolute Gasteiger partial charge is 0.000226 e. The first-order chi connectivity index (χ1) is 6.93. The van der Waals surface area contributed by atoms with Crippen LogP contribution in [0.1, 0.15) is 59.8 Å². The average Bonchev–Trinajstić information content (AvgIpc) is 2.18. The molecule has 0 saturated heterocycles. The van der Waals surface area contributed by atoms with E-state index in [0.29, 0.717) is 10.8 Å². The van der Waals surface area contributed by atoms with E-state index >= 15 is 0 Å². The van der Waals surface area contributed by atoms with E-state index in [1.54, 1.807) is 0 Å². The van der Waals surface area contributed by atoms with E-state index in [4.69, 9.17) is 0 Å². The van der Waals surface area contributed by atoms with Crippen LogP contribution >= 0.6 is 0 Å². The summed E-state index contributed by atoms with van der Waals surface area (Å²) in [5, 5.41) is 3.37. The van der Waals surface area contributed by atoms with Gasteiger partial charge in [0, 0.05) is 6.54 Å². The van der Waals surface area contributed by atoms with Gasteiger partial charge in [-0.05, 0) is 43.1 Å². The van der Waals surface area contributed by atoms with Gasteiger partial charge in [-0.3, -0.25) is 0 Å². The third kappa shape index (κ3) is 3.21. The highest BCUT2D eigenvalue weighted by Gasteiger charge is 2.37. The van der Waals surface area contributed by atoms with E-state index in [1.165, 1.54) is 38.6 Å². The molecule has 0 heterocycles. The molecule has 0 aliphatic heterocycles. The van der Waals surface area contributed by atoms with Gasteiger partial charge < -0.3 is 5.32 Å². The number of hydrogen-bond acceptors (Lipinski definition) is 1. The Morgan fingerprint density at radius 2 is 2.07 bits per heavy atom. The Morgan fingerprint density at radius 1 is 1.40 bits per heavy atom. The fourth-order valence-corrected chi connectivity index (χ4v) is 3.12. The zero-order valence-electron chi connectivity index (χ0n) is 11.3. The van der Waals surface area contributed by atoms with E-state index in [9.17, 15) is 0 Å². The predicted molar refractivity (Wildman–Crippen MR) is 68.1 cm³/mol. The van der Waals surface area contributed by atoms with Crippen LogP contribution < -0.4 is 5.32 Å². The van der Waals surface area contributed by atoms with Crippen molar-refractivity contribution in [2.75, 3.05) is 13.6 Å². The van der Waals surface area contributed by atoms with Gasteiger partial charge >= 0.3 is 0 Å². The molecule has 1 unspecified atom stereocenters. The molecule has 1 rings (SSSR count). The molecule has 0 aromatic rings. The van der Waals surface area contributed by atoms with Crippen molar-refractivity contribution in [2.24, 2.45) is 16.7 Å². The van der Waals surface area contributed by atoms with Crippen molar-refractivity contribution >= 4 is 0 Å². The molecule has 90 valence electrons. The lowest BCUT2D eigenvalue weighted by Gasteiger charge is -2.44. The first-order valence-corrected chi connectivity index (χ1v) is 6.58. The summed E-state index contributed by atoms with van der Waals surface area (Å²) in [5.74, 6) is 0.926. The molecule has 2 atom stereocenters. The fourth-order valence-electron chi connectivity index (χ4n) is 3.12. The normalized spacial score (nSPS) is 33.0. The predicted octanol–water partition coefficient (Wildman–Crippen LogP) is 3.84. The SMILES string of the molecule is CCC(C)(C)[C@@H]1CCCC(C)(CNC)C1. The summed E-state index contributed by atoms with van der Waals surface area (Å²) < 4.78 is 0. The van der Waals surface area contributed by atoms with E-state index < -0.39 is 0 Å². The Hall–Kier alpha value is -0.0400.